The fourth-order valence-corrected chi connectivity index (χ4v) is 3.31. The number of benzene rings is 1. The van der Waals surface area contributed by atoms with Crippen LogP contribution in [0, 0.1) is 12.8 Å². The minimum absolute atomic E-state index is 0.359. The summed E-state index contributed by atoms with van der Waals surface area (Å²) in [6.07, 6.45) is 3.87. The van der Waals surface area contributed by atoms with Gasteiger partial charge in [0.1, 0.15) is 5.75 Å². The molecule has 0 radical (unpaired) electrons. The minimum atomic E-state index is -0.381. The first-order valence-corrected chi connectivity index (χ1v) is 7.40. The molecule has 3 heteroatoms. The summed E-state index contributed by atoms with van der Waals surface area (Å²) in [6.45, 7) is 4.91. The van der Waals surface area contributed by atoms with Gasteiger partial charge >= 0.3 is 0 Å². The van der Waals surface area contributed by atoms with Crippen LogP contribution in [0.4, 0.5) is 0 Å². The smallest absolute Gasteiger partial charge is 0.128 e. The molecule has 1 saturated heterocycles. The Morgan fingerprint density at radius 3 is 2.89 bits per heavy atom. The first kappa shape index (κ1) is 12.9. The van der Waals surface area contributed by atoms with E-state index in [0.29, 0.717) is 5.92 Å². The normalized spacial score (nSPS) is 21.6. The van der Waals surface area contributed by atoms with Crippen LogP contribution in [-0.4, -0.2) is 24.8 Å². The fraction of sp³-hybridized carbons (Fsp3) is 0.625. The van der Waals surface area contributed by atoms with Crippen molar-refractivity contribution in [2.75, 3.05) is 19.7 Å². The molecule has 1 fully saturated rings. The van der Waals surface area contributed by atoms with Gasteiger partial charge in [-0.25, -0.2) is 0 Å². The zero-order valence-electron chi connectivity index (χ0n) is 11.6. The molecule has 3 rings (SSSR count). The van der Waals surface area contributed by atoms with Gasteiger partial charge in [0, 0.05) is 5.56 Å². The zero-order chi connectivity index (χ0) is 13.2. The molecule has 3 nitrogen and oxygen atoms in total. The van der Waals surface area contributed by atoms with Crippen LogP contribution >= 0.6 is 0 Å². The third-order valence-corrected chi connectivity index (χ3v) is 4.32. The van der Waals surface area contributed by atoms with Crippen LogP contribution in [0.1, 0.15) is 42.1 Å². The second kappa shape index (κ2) is 5.51. The summed E-state index contributed by atoms with van der Waals surface area (Å²) >= 11 is 0. The third-order valence-electron chi connectivity index (χ3n) is 4.32. The molecule has 1 atom stereocenters. The number of rotatable bonds is 2. The highest BCUT2D eigenvalue weighted by Gasteiger charge is 2.27. The van der Waals surface area contributed by atoms with Crippen LogP contribution < -0.4 is 10.1 Å². The molecule has 2 heterocycles. The van der Waals surface area contributed by atoms with Crippen molar-refractivity contribution in [2.45, 2.75) is 38.7 Å². The zero-order valence-corrected chi connectivity index (χ0v) is 11.6. The van der Waals surface area contributed by atoms with Crippen molar-refractivity contribution >= 4 is 0 Å². The van der Waals surface area contributed by atoms with Crippen molar-refractivity contribution < 1.29 is 9.84 Å². The second-order valence-electron chi connectivity index (χ2n) is 5.83. The molecule has 0 bridgehead atoms. The van der Waals surface area contributed by atoms with E-state index < -0.39 is 0 Å². The lowest BCUT2D eigenvalue weighted by molar-refractivity contribution is 0.0848. The average Bonchev–Trinajstić information content (AvgIpc) is 2.46. The molecule has 1 unspecified atom stereocenters. The highest BCUT2D eigenvalue weighted by atomic mass is 16.5. The lowest BCUT2D eigenvalue weighted by Gasteiger charge is -2.30. The van der Waals surface area contributed by atoms with Crippen molar-refractivity contribution in [2.24, 2.45) is 5.92 Å². The molecule has 0 aliphatic carbocycles. The van der Waals surface area contributed by atoms with E-state index in [2.05, 4.69) is 24.4 Å². The SMILES string of the molecule is Cc1cc2c(c(C(O)C3CCNCC3)c1)OCCC2. The van der Waals surface area contributed by atoms with E-state index in [-0.39, 0.29) is 6.10 Å². The van der Waals surface area contributed by atoms with Crippen molar-refractivity contribution in [1.29, 1.82) is 0 Å². The Morgan fingerprint density at radius 2 is 2.11 bits per heavy atom. The standard InChI is InChI=1S/C16H23NO2/c1-11-9-13-3-2-8-19-16(13)14(10-11)15(18)12-4-6-17-7-5-12/h9-10,12,15,17-18H,2-8H2,1H3. The van der Waals surface area contributed by atoms with E-state index in [9.17, 15) is 5.11 Å². The lowest BCUT2D eigenvalue weighted by atomic mass is 9.85. The summed E-state index contributed by atoms with van der Waals surface area (Å²) in [6, 6.07) is 4.31. The maximum atomic E-state index is 10.7. The van der Waals surface area contributed by atoms with Crippen molar-refractivity contribution in [1.82, 2.24) is 5.32 Å². The van der Waals surface area contributed by atoms with Gasteiger partial charge in [-0.1, -0.05) is 11.6 Å². The van der Waals surface area contributed by atoms with Crippen LogP contribution in [0.3, 0.4) is 0 Å². The summed E-state index contributed by atoms with van der Waals surface area (Å²) in [4.78, 5) is 0. The lowest BCUT2D eigenvalue weighted by Crippen LogP contribution is -2.31. The van der Waals surface area contributed by atoms with Gasteiger partial charge in [0.15, 0.2) is 0 Å². The van der Waals surface area contributed by atoms with Crippen LogP contribution in [0.5, 0.6) is 5.75 Å². The Bertz CT molecular complexity index is 452. The molecule has 19 heavy (non-hydrogen) atoms. The van der Waals surface area contributed by atoms with Gasteiger partial charge in [-0.15, -0.1) is 0 Å². The van der Waals surface area contributed by atoms with Gasteiger partial charge in [-0.05, 0) is 63.2 Å². The maximum Gasteiger partial charge on any atom is 0.128 e. The Morgan fingerprint density at radius 1 is 1.32 bits per heavy atom. The maximum absolute atomic E-state index is 10.7. The molecular weight excluding hydrogens is 238 g/mol. The second-order valence-corrected chi connectivity index (χ2v) is 5.83. The van der Waals surface area contributed by atoms with E-state index in [1.165, 1.54) is 11.1 Å². The molecule has 0 aromatic heterocycles. The Kier molecular flexibility index (Phi) is 3.76. The number of hydrogen-bond donors (Lipinski definition) is 2. The van der Waals surface area contributed by atoms with Crippen molar-refractivity contribution in [3.05, 3.63) is 28.8 Å². The van der Waals surface area contributed by atoms with E-state index >= 15 is 0 Å². The molecule has 0 spiro atoms. The quantitative estimate of drug-likeness (QED) is 0.858. The molecule has 2 N–H and O–H groups in total. The summed E-state index contributed by atoms with van der Waals surface area (Å²) < 4.78 is 5.85. The van der Waals surface area contributed by atoms with Gasteiger partial charge in [-0.2, -0.15) is 0 Å². The van der Waals surface area contributed by atoms with Gasteiger partial charge < -0.3 is 15.2 Å². The van der Waals surface area contributed by atoms with Crippen LogP contribution in [-0.2, 0) is 6.42 Å². The van der Waals surface area contributed by atoms with Crippen LogP contribution in [0.15, 0.2) is 12.1 Å². The predicted octanol–water partition coefficient (Wildman–Crippen LogP) is 2.35. The minimum Gasteiger partial charge on any atom is -0.493 e. The first-order chi connectivity index (χ1) is 9.25. The molecule has 0 amide bonds. The number of piperidine rings is 1. The van der Waals surface area contributed by atoms with E-state index in [1.54, 1.807) is 0 Å². The number of hydrogen-bond acceptors (Lipinski definition) is 3. The first-order valence-electron chi connectivity index (χ1n) is 7.40. The van der Waals surface area contributed by atoms with Gasteiger partial charge in [0.05, 0.1) is 12.7 Å². The summed E-state index contributed by atoms with van der Waals surface area (Å²) in [5, 5.41) is 14.1. The van der Waals surface area contributed by atoms with Crippen LogP contribution in [0.2, 0.25) is 0 Å². The topological polar surface area (TPSA) is 41.5 Å². The van der Waals surface area contributed by atoms with Gasteiger partial charge in [0.25, 0.3) is 0 Å². The molecule has 104 valence electrons. The molecule has 2 aliphatic rings. The van der Waals surface area contributed by atoms with Crippen molar-refractivity contribution in [3.63, 3.8) is 0 Å². The molecule has 1 aromatic rings. The number of aliphatic hydroxyl groups excluding tert-OH is 1. The van der Waals surface area contributed by atoms with Gasteiger partial charge in [0.2, 0.25) is 0 Å². The highest BCUT2D eigenvalue weighted by Crippen LogP contribution is 2.39. The van der Waals surface area contributed by atoms with Crippen molar-refractivity contribution in [3.8, 4) is 5.75 Å². The highest BCUT2D eigenvalue weighted by molar-refractivity contribution is 5.47. The Hall–Kier alpha value is -1.06. The summed E-state index contributed by atoms with van der Waals surface area (Å²) in [7, 11) is 0. The largest absolute Gasteiger partial charge is 0.493 e. The van der Waals surface area contributed by atoms with Crippen LogP contribution in [0.25, 0.3) is 0 Å². The van der Waals surface area contributed by atoms with E-state index in [4.69, 9.17) is 4.74 Å². The summed E-state index contributed by atoms with van der Waals surface area (Å²) in [5.41, 5.74) is 3.52. The Labute approximate surface area is 115 Å². The summed E-state index contributed by atoms with van der Waals surface area (Å²) in [5.74, 6) is 1.32. The number of aryl methyl sites for hydroxylation is 2. The third kappa shape index (κ3) is 2.63. The molecule has 1 aromatic carbocycles. The predicted molar refractivity (Wildman–Crippen MR) is 75.5 cm³/mol. The van der Waals surface area contributed by atoms with E-state index in [0.717, 1.165) is 56.7 Å². The number of fused-ring (bicyclic) bond motifs is 1. The molecule has 2 aliphatic heterocycles. The molecular formula is C16H23NO2. The number of ether oxygens (including phenoxy) is 1. The Balaban J connectivity index is 1.92. The monoisotopic (exact) mass is 261 g/mol. The average molecular weight is 261 g/mol. The fourth-order valence-electron chi connectivity index (χ4n) is 3.31. The van der Waals surface area contributed by atoms with Gasteiger partial charge in [-0.3, -0.25) is 0 Å². The van der Waals surface area contributed by atoms with E-state index in [1.807, 2.05) is 0 Å². The molecule has 0 saturated carbocycles. The number of nitrogens with one attached hydrogen (secondary N) is 1. The number of aliphatic hydroxyl groups is 1.